The van der Waals surface area contributed by atoms with Gasteiger partial charge in [-0.25, -0.2) is 9.97 Å². The molecule has 0 radical (unpaired) electrons. The number of nitrogens with zero attached hydrogens (tertiary/aromatic N) is 4. The van der Waals surface area contributed by atoms with E-state index >= 15 is 0 Å². The average molecular weight is 615 g/mol. The Kier molecular flexibility index (Phi) is 7.27. The molecule has 0 aliphatic carbocycles. The van der Waals surface area contributed by atoms with Crippen LogP contribution >= 0.6 is 0 Å². The first-order chi connectivity index (χ1) is 22.7. The molecule has 2 N–H and O–H groups in total. The molecule has 6 fully saturated rings. The summed E-state index contributed by atoms with van der Waals surface area (Å²) in [5, 5.41) is 7.03. The van der Waals surface area contributed by atoms with Crippen molar-refractivity contribution in [2.24, 2.45) is 0 Å². The van der Waals surface area contributed by atoms with Gasteiger partial charge in [-0.3, -0.25) is 0 Å². The quantitative estimate of drug-likeness (QED) is 0.262. The minimum absolute atomic E-state index is 0.422. The molecule has 46 heavy (non-hydrogen) atoms. The van der Waals surface area contributed by atoms with Gasteiger partial charge in [-0.1, -0.05) is 12.1 Å². The van der Waals surface area contributed by atoms with E-state index in [1.165, 1.54) is 70.7 Å². The Bertz CT molecular complexity index is 1600. The number of hydrogen-bond donors (Lipinski definition) is 2. The summed E-state index contributed by atoms with van der Waals surface area (Å²) in [6, 6.07) is 23.2. The van der Waals surface area contributed by atoms with E-state index in [0.29, 0.717) is 24.3 Å². The summed E-state index contributed by atoms with van der Waals surface area (Å²) in [4.78, 5) is 14.1. The molecule has 4 aromatic rings. The lowest BCUT2D eigenvalue weighted by Crippen LogP contribution is -2.54. The molecule has 2 aromatic heterocycles. The number of benzene rings is 2. The molecule has 12 rings (SSSR count). The fraction of sp³-hybridized carbons (Fsp3) is 0.421. The SMILES string of the molecule is c1cnc2c(c1)CCc1cc(N3C[C@@H]4CC[C@H]3CO4)ccc1N2.c1cnc2c(c1)CCc1cc(N3C[C@H]4CC[C@@H]3CO4)ccc1N2. The number of anilines is 6. The first-order valence-corrected chi connectivity index (χ1v) is 17.2. The van der Waals surface area contributed by atoms with E-state index in [4.69, 9.17) is 9.47 Å². The van der Waals surface area contributed by atoms with Gasteiger partial charge in [0.25, 0.3) is 0 Å². The van der Waals surface area contributed by atoms with E-state index in [2.05, 4.69) is 78.9 Å². The number of piperidine rings is 2. The van der Waals surface area contributed by atoms with Crippen molar-refractivity contribution in [1.29, 1.82) is 0 Å². The smallest absolute Gasteiger partial charge is 0.133 e. The predicted molar refractivity (Wildman–Crippen MR) is 183 cm³/mol. The van der Waals surface area contributed by atoms with Crippen molar-refractivity contribution in [3.63, 3.8) is 0 Å². The third-order valence-electron chi connectivity index (χ3n) is 10.8. The first-order valence-electron chi connectivity index (χ1n) is 17.2. The highest BCUT2D eigenvalue weighted by Crippen LogP contribution is 2.37. The predicted octanol–water partition coefficient (Wildman–Crippen LogP) is 6.58. The lowest BCUT2D eigenvalue weighted by molar-refractivity contribution is -0.0226. The molecule has 8 nitrogen and oxygen atoms in total. The van der Waals surface area contributed by atoms with Crippen molar-refractivity contribution in [2.45, 2.75) is 75.7 Å². The van der Waals surface area contributed by atoms with E-state index in [-0.39, 0.29) is 0 Å². The van der Waals surface area contributed by atoms with Crippen LogP contribution in [0.25, 0.3) is 0 Å². The number of pyridine rings is 2. The fourth-order valence-electron chi connectivity index (χ4n) is 8.21. The zero-order valence-corrected chi connectivity index (χ0v) is 26.3. The number of nitrogens with one attached hydrogen (secondary N) is 2. The highest BCUT2D eigenvalue weighted by molar-refractivity contribution is 5.70. The largest absolute Gasteiger partial charge is 0.374 e. The van der Waals surface area contributed by atoms with Crippen LogP contribution in [0.2, 0.25) is 0 Å². The van der Waals surface area contributed by atoms with Gasteiger partial charge in [0.05, 0.1) is 37.5 Å². The molecule has 4 bridgehead atoms. The van der Waals surface area contributed by atoms with Crippen LogP contribution in [0.1, 0.15) is 47.9 Å². The number of hydrogen-bond acceptors (Lipinski definition) is 8. The second-order valence-electron chi connectivity index (χ2n) is 13.6. The van der Waals surface area contributed by atoms with E-state index in [1.807, 2.05) is 24.5 Å². The van der Waals surface area contributed by atoms with Gasteiger partial charge < -0.3 is 29.9 Å². The number of rotatable bonds is 2. The zero-order valence-electron chi connectivity index (χ0n) is 26.3. The molecule has 10 heterocycles. The van der Waals surface area contributed by atoms with Crippen molar-refractivity contribution >= 4 is 34.4 Å². The van der Waals surface area contributed by atoms with Crippen molar-refractivity contribution in [1.82, 2.24) is 9.97 Å². The maximum absolute atomic E-state index is 5.84. The summed E-state index contributed by atoms with van der Waals surface area (Å²) >= 11 is 0. The number of fused-ring (bicyclic) bond motifs is 10. The number of aryl methyl sites for hydroxylation is 4. The number of morpholine rings is 2. The summed E-state index contributed by atoms with van der Waals surface area (Å²) in [7, 11) is 0. The molecule has 0 amide bonds. The van der Waals surface area contributed by atoms with Gasteiger partial charge >= 0.3 is 0 Å². The Morgan fingerprint density at radius 1 is 0.565 bits per heavy atom. The van der Waals surface area contributed by atoms with Crippen LogP contribution in [0.15, 0.2) is 73.1 Å². The maximum atomic E-state index is 5.84. The molecule has 0 saturated carbocycles. The van der Waals surface area contributed by atoms with Crippen LogP contribution in [0, 0.1) is 0 Å². The fourth-order valence-corrected chi connectivity index (χ4v) is 8.21. The zero-order chi connectivity index (χ0) is 30.5. The van der Waals surface area contributed by atoms with Crippen molar-refractivity contribution in [3.8, 4) is 0 Å². The van der Waals surface area contributed by atoms with Crippen molar-refractivity contribution in [3.05, 3.63) is 95.3 Å². The third-order valence-corrected chi connectivity index (χ3v) is 10.8. The van der Waals surface area contributed by atoms with Crippen LogP contribution in [-0.2, 0) is 35.2 Å². The molecule has 4 atom stereocenters. The maximum Gasteiger partial charge on any atom is 0.133 e. The Morgan fingerprint density at radius 2 is 1.04 bits per heavy atom. The summed E-state index contributed by atoms with van der Waals surface area (Å²) in [5.41, 5.74) is 10.5. The molecule has 0 spiro atoms. The van der Waals surface area contributed by atoms with Gasteiger partial charge in [0, 0.05) is 48.2 Å². The van der Waals surface area contributed by atoms with Gasteiger partial charge in [-0.2, -0.15) is 0 Å². The van der Waals surface area contributed by atoms with Crippen molar-refractivity contribution in [2.75, 3.05) is 46.7 Å². The van der Waals surface area contributed by atoms with E-state index in [0.717, 1.165) is 63.6 Å². The van der Waals surface area contributed by atoms with Crippen LogP contribution in [0.5, 0.6) is 0 Å². The minimum Gasteiger partial charge on any atom is -0.374 e. The average Bonchev–Trinajstić information content (AvgIpc) is 3.44. The second-order valence-corrected chi connectivity index (χ2v) is 13.6. The van der Waals surface area contributed by atoms with Crippen molar-refractivity contribution < 1.29 is 9.47 Å². The molecular formula is C38H42N6O2. The Hall–Kier alpha value is -4.14. The van der Waals surface area contributed by atoms with Crippen LogP contribution in [0.3, 0.4) is 0 Å². The Balaban J connectivity index is 0.000000127. The minimum atomic E-state index is 0.422. The highest BCUT2D eigenvalue weighted by Gasteiger charge is 2.36. The van der Waals surface area contributed by atoms with Gasteiger partial charge in [0.2, 0.25) is 0 Å². The monoisotopic (exact) mass is 614 g/mol. The van der Waals surface area contributed by atoms with Crippen LogP contribution in [0.4, 0.5) is 34.4 Å². The van der Waals surface area contributed by atoms with Gasteiger partial charge in [-0.15, -0.1) is 0 Å². The number of aromatic nitrogens is 2. The van der Waals surface area contributed by atoms with E-state index in [1.54, 1.807) is 0 Å². The third kappa shape index (κ3) is 5.37. The Morgan fingerprint density at radius 3 is 1.46 bits per heavy atom. The lowest BCUT2D eigenvalue weighted by atomic mass is 9.95. The van der Waals surface area contributed by atoms with Gasteiger partial charge in [0.1, 0.15) is 11.6 Å². The molecule has 236 valence electrons. The lowest BCUT2D eigenvalue weighted by Gasteiger charge is -2.46. The highest BCUT2D eigenvalue weighted by atomic mass is 16.5. The molecule has 8 heteroatoms. The summed E-state index contributed by atoms with van der Waals surface area (Å²) in [6.07, 6.45) is 13.7. The summed E-state index contributed by atoms with van der Waals surface area (Å²) in [5.74, 6) is 2.01. The molecule has 0 unspecified atom stereocenters. The molecule has 2 aromatic carbocycles. The molecule has 8 aliphatic rings. The second kappa shape index (κ2) is 11.9. The number of ether oxygens (including phenoxy) is 2. The van der Waals surface area contributed by atoms with E-state index in [9.17, 15) is 0 Å². The van der Waals surface area contributed by atoms with E-state index < -0.39 is 0 Å². The topological polar surface area (TPSA) is 74.8 Å². The molecule has 8 aliphatic heterocycles. The molecule has 6 saturated heterocycles. The first kappa shape index (κ1) is 28.1. The van der Waals surface area contributed by atoms with Gasteiger partial charge in [-0.05, 0) is 122 Å². The standard InChI is InChI=1S/2C19H21N3O/c2*1-2-13-3-4-14-10-15(6-8-18(14)21-19(13)20-9-1)22-11-17-7-5-16(22)12-23-17/h2*1-2,6,8-10,16-17H,3-5,7,11-12H2,(H,20,21)/t2*16-,17-/m10/s1. The van der Waals surface area contributed by atoms with Gasteiger partial charge in [0.15, 0.2) is 0 Å². The summed E-state index contributed by atoms with van der Waals surface area (Å²) in [6.45, 7) is 3.85. The van der Waals surface area contributed by atoms with Crippen LogP contribution < -0.4 is 20.4 Å². The normalized spacial score (nSPS) is 25.3. The Labute approximate surface area is 271 Å². The summed E-state index contributed by atoms with van der Waals surface area (Å²) < 4.78 is 11.7. The van der Waals surface area contributed by atoms with Crippen LogP contribution in [-0.4, -0.2) is 60.6 Å². The molecular weight excluding hydrogens is 572 g/mol.